The number of ether oxygens (including phenoxy) is 1. The zero-order valence-corrected chi connectivity index (χ0v) is 18.0. The second kappa shape index (κ2) is 8.59. The first-order valence-corrected chi connectivity index (χ1v) is 10.7. The first-order valence-electron chi connectivity index (χ1n) is 10.3. The predicted octanol–water partition coefficient (Wildman–Crippen LogP) is 3.47. The molecule has 1 N–H and O–H groups in total. The monoisotopic (exact) mass is 441 g/mol. The molecule has 2 fully saturated rings. The maximum absolute atomic E-state index is 13.2. The van der Waals surface area contributed by atoms with Crippen molar-refractivity contribution >= 4 is 29.4 Å². The van der Waals surface area contributed by atoms with Crippen molar-refractivity contribution in [1.29, 1.82) is 0 Å². The molecule has 2 aromatic rings. The van der Waals surface area contributed by atoms with Crippen LogP contribution in [0, 0.1) is 0 Å². The van der Waals surface area contributed by atoms with Crippen LogP contribution < -0.4 is 10.1 Å². The third-order valence-electron chi connectivity index (χ3n) is 5.69. The second-order valence-electron chi connectivity index (χ2n) is 7.82. The number of likely N-dealkylation sites (tertiary alicyclic amines) is 1. The Labute approximate surface area is 185 Å². The van der Waals surface area contributed by atoms with E-state index < -0.39 is 11.6 Å². The van der Waals surface area contributed by atoms with Gasteiger partial charge in [0.2, 0.25) is 0 Å². The van der Waals surface area contributed by atoms with Crippen molar-refractivity contribution in [3.63, 3.8) is 0 Å². The van der Waals surface area contributed by atoms with E-state index in [9.17, 15) is 14.4 Å². The van der Waals surface area contributed by atoms with Gasteiger partial charge in [-0.15, -0.1) is 0 Å². The SMILES string of the molecule is CCOc1ccc(C(=O)N2CCCC3(C2)NC(=O)N(Cc2ccc(Cl)cc2)C3=O)cc1. The van der Waals surface area contributed by atoms with Crippen LogP contribution in [0.25, 0.3) is 0 Å². The summed E-state index contributed by atoms with van der Waals surface area (Å²) >= 11 is 5.92. The maximum atomic E-state index is 13.2. The summed E-state index contributed by atoms with van der Waals surface area (Å²) in [5, 5.41) is 3.45. The number of nitrogens with zero attached hydrogens (tertiary/aromatic N) is 2. The number of rotatable bonds is 5. The Morgan fingerprint density at radius 3 is 2.52 bits per heavy atom. The van der Waals surface area contributed by atoms with Gasteiger partial charge in [0.15, 0.2) is 0 Å². The predicted molar refractivity (Wildman–Crippen MR) is 116 cm³/mol. The molecule has 0 aromatic heterocycles. The molecule has 4 rings (SSSR count). The molecule has 2 heterocycles. The van der Waals surface area contributed by atoms with Gasteiger partial charge in [-0.05, 0) is 61.7 Å². The number of piperidine rings is 1. The number of imide groups is 1. The van der Waals surface area contributed by atoms with Gasteiger partial charge in [0.1, 0.15) is 11.3 Å². The number of urea groups is 1. The third-order valence-corrected chi connectivity index (χ3v) is 5.94. The molecule has 0 aliphatic carbocycles. The van der Waals surface area contributed by atoms with Crippen LogP contribution in [0.15, 0.2) is 48.5 Å². The molecule has 162 valence electrons. The number of nitrogens with one attached hydrogen (secondary N) is 1. The van der Waals surface area contributed by atoms with Crippen molar-refractivity contribution in [1.82, 2.24) is 15.1 Å². The molecular weight excluding hydrogens is 418 g/mol. The molecular formula is C23H24ClN3O4. The summed E-state index contributed by atoms with van der Waals surface area (Å²) in [5.41, 5.74) is 0.251. The molecule has 1 atom stereocenters. The van der Waals surface area contributed by atoms with E-state index >= 15 is 0 Å². The van der Waals surface area contributed by atoms with Gasteiger partial charge in [-0.3, -0.25) is 14.5 Å². The van der Waals surface area contributed by atoms with Crippen LogP contribution in [0.1, 0.15) is 35.7 Å². The Morgan fingerprint density at radius 2 is 1.84 bits per heavy atom. The molecule has 8 heteroatoms. The lowest BCUT2D eigenvalue weighted by atomic mass is 9.88. The molecule has 1 unspecified atom stereocenters. The quantitative estimate of drug-likeness (QED) is 0.720. The van der Waals surface area contributed by atoms with Crippen LogP contribution >= 0.6 is 11.6 Å². The van der Waals surface area contributed by atoms with Gasteiger partial charge in [-0.25, -0.2) is 4.79 Å². The number of halogens is 1. The standard InChI is InChI=1S/C23H24ClN3O4/c1-2-31-19-10-6-17(7-11-19)20(28)26-13-3-12-23(15-26)21(29)27(22(30)25-23)14-16-4-8-18(24)9-5-16/h4-11H,2-3,12-15H2,1H3,(H,25,30). The molecule has 2 saturated heterocycles. The zero-order valence-electron chi connectivity index (χ0n) is 17.3. The summed E-state index contributed by atoms with van der Waals surface area (Å²) < 4.78 is 5.43. The molecule has 2 aliphatic rings. The fraction of sp³-hybridized carbons (Fsp3) is 0.348. The van der Waals surface area contributed by atoms with Crippen molar-refractivity contribution in [2.75, 3.05) is 19.7 Å². The number of carbonyl (C=O) groups is 3. The summed E-state index contributed by atoms with van der Waals surface area (Å²) in [6.45, 7) is 3.30. The van der Waals surface area contributed by atoms with E-state index in [0.29, 0.717) is 42.3 Å². The van der Waals surface area contributed by atoms with Gasteiger partial charge < -0.3 is 15.0 Å². The Bertz CT molecular complexity index is 993. The highest BCUT2D eigenvalue weighted by atomic mass is 35.5. The summed E-state index contributed by atoms with van der Waals surface area (Å²) in [6.07, 6.45) is 1.13. The van der Waals surface area contributed by atoms with Crippen molar-refractivity contribution in [2.45, 2.75) is 31.8 Å². The van der Waals surface area contributed by atoms with E-state index in [4.69, 9.17) is 16.3 Å². The van der Waals surface area contributed by atoms with Crippen LogP contribution in [0.4, 0.5) is 4.79 Å². The first kappa shape index (κ1) is 21.2. The minimum Gasteiger partial charge on any atom is -0.494 e. The van der Waals surface area contributed by atoms with E-state index in [1.807, 2.05) is 6.92 Å². The van der Waals surface area contributed by atoms with Crippen molar-refractivity contribution in [3.8, 4) is 5.75 Å². The van der Waals surface area contributed by atoms with E-state index in [2.05, 4.69) is 5.32 Å². The Balaban J connectivity index is 1.48. The minimum atomic E-state index is -1.08. The lowest BCUT2D eigenvalue weighted by Gasteiger charge is -2.38. The average molecular weight is 442 g/mol. The molecule has 31 heavy (non-hydrogen) atoms. The van der Waals surface area contributed by atoms with Gasteiger partial charge in [0, 0.05) is 17.1 Å². The highest BCUT2D eigenvalue weighted by Crippen LogP contribution is 2.30. The van der Waals surface area contributed by atoms with Gasteiger partial charge in [0.25, 0.3) is 11.8 Å². The first-order chi connectivity index (χ1) is 14.9. The molecule has 1 spiro atoms. The van der Waals surface area contributed by atoms with Gasteiger partial charge in [0.05, 0.1) is 19.7 Å². The molecule has 0 saturated carbocycles. The van der Waals surface area contributed by atoms with Crippen LogP contribution in [-0.2, 0) is 11.3 Å². The van der Waals surface area contributed by atoms with E-state index in [1.165, 1.54) is 4.90 Å². The smallest absolute Gasteiger partial charge is 0.325 e. The Hall–Kier alpha value is -3.06. The largest absolute Gasteiger partial charge is 0.494 e. The van der Waals surface area contributed by atoms with E-state index in [0.717, 1.165) is 5.56 Å². The normalized spacial score (nSPS) is 20.8. The van der Waals surface area contributed by atoms with Crippen LogP contribution in [-0.4, -0.2) is 52.9 Å². The maximum Gasteiger partial charge on any atom is 0.325 e. The molecule has 2 aliphatic heterocycles. The van der Waals surface area contributed by atoms with Crippen LogP contribution in [0.2, 0.25) is 5.02 Å². The second-order valence-corrected chi connectivity index (χ2v) is 8.25. The summed E-state index contributed by atoms with van der Waals surface area (Å²) in [6, 6.07) is 13.5. The van der Waals surface area contributed by atoms with Crippen molar-refractivity contribution in [3.05, 3.63) is 64.7 Å². The number of hydrogen-bond donors (Lipinski definition) is 1. The lowest BCUT2D eigenvalue weighted by Crippen LogP contribution is -2.59. The zero-order chi connectivity index (χ0) is 22.0. The summed E-state index contributed by atoms with van der Waals surface area (Å²) in [7, 11) is 0. The Morgan fingerprint density at radius 1 is 1.13 bits per heavy atom. The Kier molecular flexibility index (Phi) is 5.87. The number of amides is 4. The third kappa shape index (κ3) is 4.23. The van der Waals surface area contributed by atoms with E-state index in [1.54, 1.807) is 53.4 Å². The number of carbonyl (C=O) groups excluding carboxylic acids is 3. The number of benzene rings is 2. The number of hydrogen-bond acceptors (Lipinski definition) is 4. The molecule has 2 aromatic carbocycles. The van der Waals surface area contributed by atoms with Crippen LogP contribution in [0.5, 0.6) is 5.75 Å². The molecule has 4 amide bonds. The highest BCUT2D eigenvalue weighted by Gasteiger charge is 2.53. The van der Waals surface area contributed by atoms with E-state index in [-0.39, 0.29) is 24.9 Å². The van der Waals surface area contributed by atoms with Crippen molar-refractivity contribution in [2.24, 2.45) is 0 Å². The fourth-order valence-electron chi connectivity index (χ4n) is 4.14. The van der Waals surface area contributed by atoms with Gasteiger partial charge in [-0.1, -0.05) is 23.7 Å². The van der Waals surface area contributed by atoms with Crippen LogP contribution in [0.3, 0.4) is 0 Å². The summed E-state index contributed by atoms with van der Waals surface area (Å²) in [5.74, 6) is 0.238. The topological polar surface area (TPSA) is 79.0 Å². The highest BCUT2D eigenvalue weighted by molar-refractivity contribution is 6.30. The summed E-state index contributed by atoms with van der Waals surface area (Å²) in [4.78, 5) is 41.8. The average Bonchev–Trinajstić information content (AvgIpc) is 2.99. The lowest BCUT2D eigenvalue weighted by molar-refractivity contribution is -0.133. The van der Waals surface area contributed by atoms with Gasteiger partial charge >= 0.3 is 6.03 Å². The molecule has 7 nitrogen and oxygen atoms in total. The molecule has 0 bridgehead atoms. The fourth-order valence-corrected chi connectivity index (χ4v) is 4.27. The van der Waals surface area contributed by atoms with Crippen molar-refractivity contribution < 1.29 is 19.1 Å². The van der Waals surface area contributed by atoms with Gasteiger partial charge in [-0.2, -0.15) is 0 Å². The molecule has 0 radical (unpaired) electrons. The minimum absolute atomic E-state index is 0.154.